The van der Waals surface area contributed by atoms with E-state index in [9.17, 15) is 19.0 Å². The van der Waals surface area contributed by atoms with E-state index in [1.807, 2.05) is 0 Å². The van der Waals surface area contributed by atoms with Crippen LogP contribution >= 0.6 is 7.82 Å². The maximum absolute atomic E-state index is 12.6. The highest BCUT2D eigenvalue weighted by molar-refractivity contribution is 7.47. The summed E-state index contributed by atoms with van der Waals surface area (Å²) in [5.74, 6) is -0.833. The normalized spacial score (nSPS) is 13.2. The van der Waals surface area contributed by atoms with E-state index in [0.717, 1.165) is 64.2 Å². The fourth-order valence-electron chi connectivity index (χ4n) is 8.97. The number of phosphoric ester groups is 1. The molecule has 0 amide bonds. The molecule has 0 aromatic heterocycles. The first-order valence-corrected chi connectivity index (χ1v) is 32.0. The van der Waals surface area contributed by atoms with Crippen LogP contribution in [0.15, 0.2) is 36.5 Å². The maximum Gasteiger partial charge on any atom is 0.472 e. The van der Waals surface area contributed by atoms with Crippen molar-refractivity contribution in [2.45, 2.75) is 315 Å². The van der Waals surface area contributed by atoms with Crippen LogP contribution in [0.25, 0.3) is 0 Å². The molecule has 0 saturated carbocycles. The zero-order valence-electron chi connectivity index (χ0n) is 46.7. The summed E-state index contributed by atoms with van der Waals surface area (Å²) in [5, 5.41) is 0. The van der Waals surface area contributed by atoms with Gasteiger partial charge in [0.15, 0.2) is 6.10 Å². The Morgan fingerprint density at radius 3 is 1.14 bits per heavy atom. The first-order valence-electron chi connectivity index (χ1n) is 30.5. The van der Waals surface area contributed by atoms with E-state index in [0.29, 0.717) is 6.42 Å². The van der Waals surface area contributed by atoms with Gasteiger partial charge in [0.1, 0.15) is 6.61 Å². The number of hydrogen-bond donors (Lipinski definition) is 2. The highest BCUT2D eigenvalue weighted by Gasteiger charge is 2.26. The van der Waals surface area contributed by atoms with Crippen molar-refractivity contribution in [3.63, 3.8) is 0 Å². The Labute approximate surface area is 439 Å². The van der Waals surface area contributed by atoms with Crippen molar-refractivity contribution >= 4 is 19.8 Å². The smallest absolute Gasteiger partial charge is 0.462 e. The Morgan fingerprint density at radius 2 is 0.761 bits per heavy atom. The third kappa shape index (κ3) is 57.4. The van der Waals surface area contributed by atoms with E-state index in [2.05, 4.69) is 50.3 Å². The van der Waals surface area contributed by atoms with Crippen LogP contribution in [-0.2, 0) is 32.7 Å². The van der Waals surface area contributed by atoms with Gasteiger partial charge in [0.2, 0.25) is 0 Å². The number of phosphoric acid groups is 1. The van der Waals surface area contributed by atoms with Crippen LogP contribution in [0.5, 0.6) is 0 Å². The molecule has 418 valence electrons. The van der Waals surface area contributed by atoms with Crippen LogP contribution in [0.3, 0.4) is 0 Å². The molecule has 10 heteroatoms. The van der Waals surface area contributed by atoms with Crippen LogP contribution in [0.2, 0.25) is 0 Å². The SMILES string of the molecule is CCC/C=C\C/C=C\CCCCCCCC(=O)OC(COC(=O)CCCCCCCCCCCCCCCCCCCCCCCCCCC/C=C\CCCCCCCCCC)COP(=O)(O)OCCN. The van der Waals surface area contributed by atoms with E-state index in [4.69, 9.17) is 24.3 Å². The number of rotatable bonds is 58. The van der Waals surface area contributed by atoms with E-state index >= 15 is 0 Å². The molecule has 0 rings (SSSR count). The van der Waals surface area contributed by atoms with E-state index in [-0.39, 0.29) is 38.6 Å². The minimum atomic E-state index is -4.38. The van der Waals surface area contributed by atoms with Gasteiger partial charge >= 0.3 is 19.8 Å². The second-order valence-corrected chi connectivity index (χ2v) is 22.0. The number of esters is 2. The topological polar surface area (TPSA) is 134 Å². The summed E-state index contributed by atoms with van der Waals surface area (Å²) in [6.45, 7) is 3.69. The zero-order valence-corrected chi connectivity index (χ0v) is 47.6. The third-order valence-electron chi connectivity index (χ3n) is 13.5. The molecule has 0 radical (unpaired) electrons. The average molecular weight is 1020 g/mol. The minimum absolute atomic E-state index is 0.0521. The summed E-state index contributed by atoms with van der Waals surface area (Å²) in [5.41, 5.74) is 5.37. The molecule has 9 nitrogen and oxygen atoms in total. The molecule has 71 heavy (non-hydrogen) atoms. The predicted octanol–water partition coefficient (Wildman–Crippen LogP) is 19.2. The monoisotopic (exact) mass is 1020 g/mol. The van der Waals surface area contributed by atoms with Crippen LogP contribution in [0, 0.1) is 0 Å². The highest BCUT2D eigenvalue weighted by atomic mass is 31.2. The Morgan fingerprint density at radius 1 is 0.423 bits per heavy atom. The third-order valence-corrected chi connectivity index (χ3v) is 14.5. The molecule has 2 atom stereocenters. The first kappa shape index (κ1) is 69.2. The number of carbonyl (C=O) groups excluding carboxylic acids is 2. The van der Waals surface area contributed by atoms with Gasteiger partial charge in [0, 0.05) is 19.4 Å². The Hall–Kier alpha value is -1.77. The second-order valence-electron chi connectivity index (χ2n) is 20.6. The number of allylic oxidation sites excluding steroid dienone is 6. The summed E-state index contributed by atoms with van der Waals surface area (Å²) in [4.78, 5) is 35.1. The Bertz CT molecular complexity index is 1260. The average Bonchev–Trinajstić information content (AvgIpc) is 3.36. The summed E-state index contributed by atoms with van der Waals surface area (Å²) >= 11 is 0. The van der Waals surface area contributed by atoms with Crippen molar-refractivity contribution in [1.82, 2.24) is 0 Å². The van der Waals surface area contributed by atoms with Crippen molar-refractivity contribution in [2.75, 3.05) is 26.4 Å². The molecular weight excluding hydrogens is 906 g/mol. The lowest BCUT2D eigenvalue weighted by Gasteiger charge is -2.19. The van der Waals surface area contributed by atoms with E-state index in [1.165, 1.54) is 212 Å². The summed E-state index contributed by atoms with van der Waals surface area (Å²) in [6, 6.07) is 0. The number of carbonyl (C=O) groups is 2. The van der Waals surface area contributed by atoms with Crippen LogP contribution in [0.4, 0.5) is 0 Å². The molecule has 0 aliphatic carbocycles. The molecule has 0 saturated heterocycles. The summed E-state index contributed by atoms with van der Waals surface area (Å²) in [6.07, 6.45) is 69.6. The fourth-order valence-corrected chi connectivity index (χ4v) is 9.73. The molecule has 0 aromatic carbocycles. The lowest BCUT2D eigenvalue weighted by atomic mass is 10.0. The van der Waals surface area contributed by atoms with Gasteiger partial charge in [0.25, 0.3) is 0 Å². The number of ether oxygens (including phenoxy) is 2. The first-order chi connectivity index (χ1) is 34.8. The van der Waals surface area contributed by atoms with Gasteiger partial charge in [0.05, 0.1) is 13.2 Å². The second kappa shape index (κ2) is 57.5. The maximum atomic E-state index is 12.6. The molecular formula is C61H116NO8P. The van der Waals surface area contributed by atoms with Gasteiger partial charge in [-0.15, -0.1) is 0 Å². The van der Waals surface area contributed by atoms with Gasteiger partial charge in [-0.3, -0.25) is 18.6 Å². The molecule has 0 aliphatic heterocycles. The quantitative estimate of drug-likeness (QED) is 0.0264. The van der Waals surface area contributed by atoms with Crippen molar-refractivity contribution in [3.05, 3.63) is 36.5 Å². The number of unbranched alkanes of at least 4 members (excludes halogenated alkanes) is 39. The molecule has 0 fully saturated rings. The zero-order chi connectivity index (χ0) is 51.7. The summed E-state index contributed by atoms with van der Waals surface area (Å²) < 4.78 is 32.9. The standard InChI is InChI=1S/C61H116NO8P/c1-3-5-7-9-11-13-15-17-18-19-20-21-22-23-24-25-26-27-28-29-30-31-32-33-34-35-36-37-38-39-40-42-43-45-47-49-51-53-60(63)67-57-59(58-69-71(65,66)68-56-55-62)70-61(64)54-52-50-48-46-44-41-16-14-12-10-8-6-4-2/h8,10,14,16,19-20,59H,3-7,9,11-13,15,17-18,21-58,62H2,1-2H3,(H,65,66)/b10-8-,16-14-,20-19-. The lowest BCUT2D eigenvalue weighted by Crippen LogP contribution is -2.29. The van der Waals surface area contributed by atoms with Gasteiger partial charge in [-0.25, -0.2) is 4.57 Å². The Kier molecular flexibility index (Phi) is 56.1. The van der Waals surface area contributed by atoms with Gasteiger partial charge in [-0.05, 0) is 64.2 Å². The summed E-state index contributed by atoms with van der Waals surface area (Å²) in [7, 11) is -4.38. The molecule has 0 bridgehead atoms. The minimum Gasteiger partial charge on any atom is -0.462 e. The Balaban J connectivity index is 3.73. The van der Waals surface area contributed by atoms with Crippen molar-refractivity contribution in [2.24, 2.45) is 5.73 Å². The van der Waals surface area contributed by atoms with Gasteiger partial charge < -0.3 is 20.1 Å². The largest absolute Gasteiger partial charge is 0.472 e. The molecule has 0 spiro atoms. The van der Waals surface area contributed by atoms with Crippen LogP contribution in [0.1, 0.15) is 309 Å². The molecule has 0 heterocycles. The van der Waals surface area contributed by atoms with Crippen LogP contribution < -0.4 is 5.73 Å². The van der Waals surface area contributed by atoms with Crippen LogP contribution in [-0.4, -0.2) is 49.3 Å². The molecule has 0 aliphatic rings. The van der Waals surface area contributed by atoms with E-state index in [1.54, 1.807) is 0 Å². The number of nitrogens with two attached hydrogens (primary N) is 1. The van der Waals surface area contributed by atoms with E-state index < -0.39 is 26.5 Å². The molecule has 0 aromatic rings. The van der Waals surface area contributed by atoms with Gasteiger partial charge in [-0.1, -0.05) is 269 Å². The van der Waals surface area contributed by atoms with Crippen molar-refractivity contribution < 1.29 is 37.6 Å². The fraction of sp³-hybridized carbons (Fsp3) is 0.869. The van der Waals surface area contributed by atoms with Crippen molar-refractivity contribution in [3.8, 4) is 0 Å². The molecule has 2 unspecified atom stereocenters. The van der Waals surface area contributed by atoms with Gasteiger partial charge in [-0.2, -0.15) is 0 Å². The van der Waals surface area contributed by atoms with Crippen molar-refractivity contribution in [1.29, 1.82) is 0 Å². The molecule has 3 N–H and O–H groups in total. The predicted molar refractivity (Wildman–Crippen MR) is 303 cm³/mol. The lowest BCUT2D eigenvalue weighted by molar-refractivity contribution is -0.161. The highest BCUT2D eigenvalue weighted by Crippen LogP contribution is 2.43. The number of hydrogen-bond acceptors (Lipinski definition) is 8.